The van der Waals surface area contributed by atoms with Crippen LogP contribution in [0.3, 0.4) is 0 Å². The van der Waals surface area contributed by atoms with Crippen LogP contribution in [0.25, 0.3) is 0 Å². The van der Waals surface area contributed by atoms with Gasteiger partial charge in [-0.3, -0.25) is 0 Å². The molecule has 0 radical (unpaired) electrons. The third-order valence-electron chi connectivity index (χ3n) is 2.64. The maximum atomic E-state index is 10.9. The highest BCUT2D eigenvalue weighted by Crippen LogP contribution is 2.34. The van der Waals surface area contributed by atoms with E-state index in [0.717, 1.165) is 16.7 Å². The summed E-state index contributed by atoms with van der Waals surface area (Å²) < 4.78 is 0.764. The minimum atomic E-state index is -1.06. The molecule has 0 amide bonds. The SMILES string of the molecule is Cc1cc(CC2CC2)c(C(=O)O)n1O. The van der Waals surface area contributed by atoms with Gasteiger partial charge in [-0.2, -0.15) is 4.73 Å². The van der Waals surface area contributed by atoms with Crippen LogP contribution in [0.5, 0.6) is 0 Å². The Morgan fingerprint density at radius 1 is 1.64 bits per heavy atom. The van der Waals surface area contributed by atoms with Crippen LogP contribution in [-0.2, 0) is 6.42 Å². The minimum Gasteiger partial charge on any atom is -0.476 e. The summed E-state index contributed by atoms with van der Waals surface area (Å²) in [7, 11) is 0. The van der Waals surface area contributed by atoms with Crippen molar-refractivity contribution in [3.05, 3.63) is 23.0 Å². The number of carbonyl (C=O) groups is 1. The maximum Gasteiger partial charge on any atom is 0.356 e. The van der Waals surface area contributed by atoms with Crippen molar-refractivity contribution in [1.29, 1.82) is 0 Å². The highest BCUT2D eigenvalue weighted by molar-refractivity contribution is 5.87. The molecular weight excluding hydrogens is 182 g/mol. The average Bonchev–Trinajstić information content (AvgIpc) is 2.82. The van der Waals surface area contributed by atoms with Crippen LogP contribution >= 0.6 is 0 Å². The Morgan fingerprint density at radius 2 is 2.29 bits per heavy atom. The van der Waals surface area contributed by atoms with Gasteiger partial charge in [0.1, 0.15) is 0 Å². The highest BCUT2D eigenvalue weighted by atomic mass is 16.5. The first-order valence-corrected chi connectivity index (χ1v) is 4.73. The number of rotatable bonds is 3. The molecule has 4 heteroatoms. The van der Waals surface area contributed by atoms with E-state index < -0.39 is 5.97 Å². The molecular formula is C10H13NO3. The molecule has 1 heterocycles. The normalized spacial score (nSPS) is 15.8. The van der Waals surface area contributed by atoms with Gasteiger partial charge in [-0.1, -0.05) is 0 Å². The van der Waals surface area contributed by atoms with Gasteiger partial charge in [-0.15, -0.1) is 0 Å². The van der Waals surface area contributed by atoms with Crippen LogP contribution in [0.4, 0.5) is 0 Å². The fraction of sp³-hybridized carbons (Fsp3) is 0.500. The number of carboxylic acids is 1. The number of hydrogen-bond donors (Lipinski definition) is 2. The standard InChI is InChI=1S/C10H13NO3/c1-6-4-8(5-7-2-3-7)9(10(12)13)11(6)14/h4,7,14H,2-3,5H2,1H3,(H,12,13). The molecule has 1 aliphatic rings. The Hall–Kier alpha value is -1.45. The molecule has 1 aliphatic carbocycles. The van der Waals surface area contributed by atoms with E-state index in [9.17, 15) is 10.0 Å². The van der Waals surface area contributed by atoms with Crippen LogP contribution in [-0.4, -0.2) is 21.0 Å². The van der Waals surface area contributed by atoms with Crippen molar-refractivity contribution >= 4 is 5.97 Å². The predicted octanol–water partition coefficient (Wildman–Crippen LogP) is 1.68. The lowest BCUT2D eigenvalue weighted by atomic mass is 10.1. The van der Waals surface area contributed by atoms with Crippen molar-refractivity contribution in [3.8, 4) is 0 Å². The lowest BCUT2D eigenvalue weighted by Crippen LogP contribution is -2.09. The molecule has 0 atom stereocenters. The number of aromatic nitrogens is 1. The summed E-state index contributed by atoms with van der Waals surface area (Å²) in [5.41, 5.74) is 1.35. The summed E-state index contributed by atoms with van der Waals surface area (Å²) in [6.07, 6.45) is 3.12. The summed E-state index contributed by atoms with van der Waals surface area (Å²) in [5.74, 6) is -0.439. The highest BCUT2D eigenvalue weighted by Gasteiger charge is 2.26. The smallest absolute Gasteiger partial charge is 0.356 e. The average molecular weight is 195 g/mol. The molecule has 1 fully saturated rings. The lowest BCUT2D eigenvalue weighted by molar-refractivity contribution is 0.0639. The molecule has 76 valence electrons. The van der Waals surface area contributed by atoms with Gasteiger partial charge in [-0.25, -0.2) is 4.79 Å². The third-order valence-corrected chi connectivity index (χ3v) is 2.64. The number of nitrogens with zero attached hydrogens (tertiary/aromatic N) is 1. The summed E-state index contributed by atoms with van der Waals surface area (Å²) in [6.45, 7) is 1.70. The zero-order chi connectivity index (χ0) is 10.3. The van der Waals surface area contributed by atoms with Gasteiger partial charge in [0.05, 0.1) is 5.69 Å². The Morgan fingerprint density at radius 3 is 2.79 bits per heavy atom. The van der Waals surface area contributed by atoms with Crippen molar-refractivity contribution in [2.45, 2.75) is 26.2 Å². The van der Waals surface area contributed by atoms with Crippen LogP contribution < -0.4 is 0 Å². The van der Waals surface area contributed by atoms with Gasteiger partial charge in [-0.05, 0) is 43.7 Å². The second-order valence-electron chi connectivity index (χ2n) is 3.92. The van der Waals surface area contributed by atoms with Crippen molar-refractivity contribution in [3.63, 3.8) is 0 Å². The summed E-state index contributed by atoms with van der Waals surface area (Å²) >= 11 is 0. The van der Waals surface area contributed by atoms with E-state index in [4.69, 9.17) is 5.11 Å². The maximum absolute atomic E-state index is 10.9. The molecule has 1 saturated carbocycles. The van der Waals surface area contributed by atoms with Crippen molar-refractivity contribution in [2.24, 2.45) is 5.92 Å². The lowest BCUT2D eigenvalue weighted by Gasteiger charge is -2.00. The Labute approximate surface area is 81.7 Å². The van der Waals surface area contributed by atoms with Gasteiger partial charge in [0, 0.05) is 0 Å². The van der Waals surface area contributed by atoms with Gasteiger partial charge in [0.2, 0.25) is 0 Å². The van der Waals surface area contributed by atoms with E-state index in [1.54, 1.807) is 13.0 Å². The first kappa shape index (κ1) is 9.12. The minimum absolute atomic E-state index is 0.0226. The quantitative estimate of drug-likeness (QED) is 0.721. The van der Waals surface area contributed by atoms with E-state index in [2.05, 4.69) is 0 Å². The molecule has 4 nitrogen and oxygen atoms in total. The van der Waals surface area contributed by atoms with Crippen LogP contribution in [0.1, 0.15) is 34.6 Å². The van der Waals surface area contributed by atoms with E-state index in [-0.39, 0.29) is 5.69 Å². The first-order valence-electron chi connectivity index (χ1n) is 4.73. The molecule has 0 saturated heterocycles. The van der Waals surface area contributed by atoms with Crippen molar-refractivity contribution in [1.82, 2.24) is 4.73 Å². The Balaban J connectivity index is 2.36. The van der Waals surface area contributed by atoms with Crippen molar-refractivity contribution in [2.75, 3.05) is 0 Å². The van der Waals surface area contributed by atoms with Crippen molar-refractivity contribution < 1.29 is 15.1 Å². The van der Waals surface area contributed by atoms with E-state index in [1.165, 1.54) is 12.8 Å². The molecule has 2 rings (SSSR count). The summed E-state index contributed by atoms with van der Waals surface area (Å²) in [6, 6.07) is 1.75. The summed E-state index contributed by atoms with van der Waals surface area (Å²) in [4.78, 5) is 10.9. The zero-order valence-corrected chi connectivity index (χ0v) is 8.03. The fourth-order valence-corrected chi connectivity index (χ4v) is 1.71. The summed E-state index contributed by atoms with van der Waals surface area (Å²) in [5, 5.41) is 18.4. The molecule has 0 bridgehead atoms. The zero-order valence-electron chi connectivity index (χ0n) is 8.03. The monoisotopic (exact) mass is 195 g/mol. The van der Waals surface area contributed by atoms with Crippen LogP contribution in [0.15, 0.2) is 6.07 Å². The van der Waals surface area contributed by atoms with E-state index >= 15 is 0 Å². The van der Waals surface area contributed by atoms with Gasteiger partial charge in [0.25, 0.3) is 0 Å². The third kappa shape index (κ3) is 1.47. The first-order chi connectivity index (χ1) is 6.59. The number of aryl methyl sites for hydroxylation is 1. The fourth-order valence-electron chi connectivity index (χ4n) is 1.71. The molecule has 14 heavy (non-hydrogen) atoms. The molecule has 0 aromatic carbocycles. The largest absolute Gasteiger partial charge is 0.476 e. The predicted molar refractivity (Wildman–Crippen MR) is 49.7 cm³/mol. The number of carboxylic acid groups (broad SMARTS) is 1. The van der Waals surface area contributed by atoms with Gasteiger partial charge >= 0.3 is 5.97 Å². The molecule has 0 spiro atoms. The second-order valence-corrected chi connectivity index (χ2v) is 3.92. The molecule has 2 N–H and O–H groups in total. The second kappa shape index (κ2) is 3.04. The van der Waals surface area contributed by atoms with Crippen LogP contribution in [0.2, 0.25) is 0 Å². The number of aromatic carboxylic acids is 1. The Kier molecular flexibility index (Phi) is 1.98. The van der Waals surface area contributed by atoms with Gasteiger partial charge < -0.3 is 10.3 Å². The number of hydrogen-bond acceptors (Lipinski definition) is 2. The topological polar surface area (TPSA) is 62.5 Å². The van der Waals surface area contributed by atoms with Crippen LogP contribution in [0, 0.1) is 12.8 Å². The van der Waals surface area contributed by atoms with E-state index in [1.807, 2.05) is 0 Å². The molecule has 1 aromatic rings. The molecule has 0 unspecified atom stereocenters. The molecule has 0 aliphatic heterocycles. The Bertz CT molecular complexity index is 377. The molecule has 1 aromatic heterocycles. The van der Waals surface area contributed by atoms with E-state index in [0.29, 0.717) is 11.6 Å². The van der Waals surface area contributed by atoms with Gasteiger partial charge in [0.15, 0.2) is 5.69 Å².